The third-order valence-electron chi connectivity index (χ3n) is 3.57. The summed E-state index contributed by atoms with van der Waals surface area (Å²) in [6.45, 7) is 7.80. The van der Waals surface area contributed by atoms with Gasteiger partial charge >= 0.3 is 17.9 Å². The predicted molar refractivity (Wildman–Crippen MR) is 82.2 cm³/mol. The number of amides is 3. The van der Waals surface area contributed by atoms with Crippen LogP contribution in [0.5, 0.6) is 0 Å². The SMILES string of the molecule is CCOC(=O)N1CCC(NC(=O)C(=O)NCCC(C)C)CC1. The average molecular weight is 313 g/mol. The molecule has 1 rings (SSSR count). The fourth-order valence-electron chi connectivity index (χ4n) is 2.23. The van der Waals surface area contributed by atoms with Crippen LogP contribution in [0.4, 0.5) is 4.79 Å². The highest BCUT2D eigenvalue weighted by Gasteiger charge is 2.26. The average Bonchev–Trinajstić information content (AvgIpc) is 2.47. The molecule has 0 aromatic carbocycles. The van der Waals surface area contributed by atoms with Crippen molar-refractivity contribution in [1.29, 1.82) is 0 Å². The van der Waals surface area contributed by atoms with Gasteiger partial charge in [0.25, 0.3) is 0 Å². The number of nitrogens with zero attached hydrogens (tertiary/aromatic N) is 1. The van der Waals surface area contributed by atoms with Crippen LogP contribution in [-0.2, 0) is 14.3 Å². The molecule has 1 saturated heterocycles. The van der Waals surface area contributed by atoms with Gasteiger partial charge < -0.3 is 20.3 Å². The molecule has 0 saturated carbocycles. The summed E-state index contributed by atoms with van der Waals surface area (Å²) in [4.78, 5) is 36.6. The first-order chi connectivity index (χ1) is 10.4. The van der Waals surface area contributed by atoms with Crippen molar-refractivity contribution in [3.8, 4) is 0 Å². The lowest BCUT2D eigenvalue weighted by Gasteiger charge is -2.31. The topological polar surface area (TPSA) is 87.7 Å². The van der Waals surface area contributed by atoms with E-state index < -0.39 is 11.8 Å². The van der Waals surface area contributed by atoms with Crippen LogP contribution in [0.2, 0.25) is 0 Å². The minimum atomic E-state index is -0.599. The first-order valence-electron chi connectivity index (χ1n) is 7.94. The third-order valence-corrected chi connectivity index (χ3v) is 3.57. The Hall–Kier alpha value is -1.79. The summed E-state index contributed by atoms with van der Waals surface area (Å²) in [5.74, 6) is -0.706. The van der Waals surface area contributed by atoms with Crippen molar-refractivity contribution in [3.63, 3.8) is 0 Å². The number of hydrogen-bond donors (Lipinski definition) is 2. The van der Waals surface area contributed by atoms with Crippen molar-refractivity contribution in [2.75, 3.05) is 26.2 Å². The van der Waals surface area contributed by atoms with Gasteiger partial charge in [-0.25, -0.2) is 4.79 Å². The molecule has 0 radical (unpaired) electrons. The van der Waals surface area contributed by atoms with Crippen LogP contribution < -0.4 is 10.6 Å². The highest BCUT2D eigenvalue weighted by Crippen LogP contribution is 2.11. The number of carbonyl (C=O) groups excluding carboxylic acids is 3. The molecule has 0 aliphatic carbocycles. The van der Waals surface area contributed by atoms with Gasteiger partial charge in [-0.05, 0) is 32.1 Å². The molecule has 0 atom stereocenters. The molecule has 0 spiro atoms. The summed E-state index contributed by atoms with van der Waals surface area (Å²) in [6, 6.07) is -0.0750. The quantitative estimate of drug-likeness (QED) is 0.738. The van der Waals surface area contributed by atoms with Crippen molar-refractivity contribution in [2.45, 2.75) is 46.1 Å². The zero-order chi connectivity index (χ0) is 16.5. The molecule has 0 bridgehead atoms. The predicted octanol–water partition coefficient (Wildman–Crippen LogP) is 0.886. The van der Waals surface area contributed by atoms with E-state index in [1.54, 1.807) is 11.8 Å². The minimum absolute atomic E-state index is 0.0750. The van der Waals surface area contributed by atoms with E-state index >= 15 is 0 Å². The fraction of sp³-hybridized carbons (Fsp3) is 0.800. The molecule has 0 unspecified atom stereocenters. The molecule has 0 aromatic rings. The molecule has 7 nitrogen and oxygen atoms in total. The van der Waals surface area contributed by atoms with Crippen molar-refractivity contribution in [3.05, 3.63) is 0 Å². The largest absolute Gasteiger partial charge is 0.450 e. The van der Waals surface area contributed by atoms with Crippen LogP contribution in [0.1, 0.15) is 40.0 Å². The van der Waals surface area contributed by atoms with Crippen molar-refractivity contribution >= 4 is 17.9 Å². The monoisotopic (exact) mass is 313 g/mol. The van der Waals surface area contributed by atoms with Crippen LogP contribution >= 0.6 is 0 Å². The number of piperidine rings is 1. The number of rotatable bonds is 5. The number of ether oxygens (including phenoxy) is 1. The molecule has 1 fully saturated rings. The summed E-state index contributed by atoms with van der Waals surface area (Å²) in [5, 5.41) is 5.33. The Bertz CT molecular complexity index is 390. The molecule has 3 amide bonds. The van der Waals surface area contributed by atoms with Crippen molar-refractivity contribution < 1.29 is 19.1 Å². The van der Waals surface area contributed by atoms with Crippen LogP contribution in [0, 0.1) is 5.92 Å². The summed E-state index contributed by atoms with van der Waals surface area (Å²) in [5.41, 5.74) is 0. The lowest BCUT2D eigenvalue weighted by atomic mass is 10.1. The highest BCUT2D eigenvalue weighted by molar-refractivity contribution is 6.35. The van der Waals surface area contributed by atoms with E-state index in [0.717, 1.165) is 6.42 Å². The van der Waals surface area contributed by atoms with Crippen molar-refractivity contribution in [2.24, 2.45) is 5.92 Å². The maximum atomic E-state index is 11.8. The highest BCUT2D eigenvalue weighted by atomic mass is 16.6. The van der Waals surface area contributed by atoms with E-state index in [-0.39, 0.29) is 12.1 Å². The van der Waals surface area contributed by atoms with Gasteiger partial charge in [0, 0.05) is 25.7 Å². The van der Waals surface area contributed by atoms with E-state index in [2.05, 4.69) is 24.5 Å². The summed E-state index contributed by atoms with van der Waals surface area (Å²) < 4.78 is 4.93. The van der Waals surface area contributed by atoms with Gasteiger partial charge in [-0.2, -0.15) is 0 Å². The van der Waals surface area contributed by atoms with Gasteiger partial charge in [0.1, 0.15) is 0 Å². The molecule has 0 aromatic heterocycles. The van der Waals surface area contributed by atoms with Gasteiger partial charge in [0.2, 0.25) is 0 Å². The Balaban J connectivity index is 2.26. The molecular weight excluding hydrogens is 286 g/mol. The maximum absolute atomic E-state index is 11.8. The van der Waals surface area contributed by atoms with E-state index in [9.17, 15) is 14.4 Å². The summed E-state index contributed by atoms with van der Waals surface area (Å²) in [6.07, 6.45) is 1.78. The van der Waals surface area contributed by atoms with Gasteiger partial charge in [0.15, 0.2) is 0 Å². The van der Waals surface area contributed by atoms with E-state index in [0.29, 0.717) is 45.0 Å². The fourth-order valence-corrected chi connectivity index (χ4v) is 2.23. The second-order valence-corrected chi connectivity index (χ2v) is 5.87. The Labute approximate surface area is 131 Å². The first kappa shape index (κ1) is 18.3. The number of carbonyl (C=O) groups is 3. The zero-order valence-electron chi connectivity index (χ0n) is 13.7. The van der Waals surface area contributed by atoms with E-state index in [1.165, 1.54) is 0 Å². The molecule has 2 N–H and O–H groups in total. The maximum Gasteiger partial charge on any atom is 0.409 e. The van der Waals surface area contributed by atoms with Gasteiger partial charge in [0.05, 0.1) is 6.61 Å². The molecule has 1 aliphatic rings. The Morgan fingerprint density at radius 1 is 1.18 bits per heavy atom. The lowest BCUT2D eigenvalue weighted by molar-refractivity contribution is -0.139. The minimum Gasteiger partial charge on any atom is -0.450 e. The number of likely N-dealkylation sites (tertiary alicyclic amines) is 1. The summed E-state index contributed by atoms with van der Waals surface area (Å²) >= 11 is 0. The number of nitrogens with one attached hydrogen (secondary N) is 2. The number of hydrogen-bond acceptors (Lipinski definition) is 4. The second kappa shape index (κ2) is 9.27. The normalized spacial score (nSPS) is 15.5. The zero-order valence-corrected chi connectivity index (χ0v) is 13.7. The van der Waals surface area contributed by atoms with Gasteiger partial charge in [-0.1, -0.05) is 13.8 Å². The molecule has 1 aliphatic heterocycles. The van der Waals surface area contributed by atoms with Crippen LogP contribution in [-0.4, -0.2) is 55.1 Å². The van der Waals surface area contributed by atoms with Crippen LogP contribution in [0.25, 0.3) is 0 Å². The second-order valence-electron chi connectivity index (χ2n) is 5.87. The summed E-state index contributed by atoms with van der Waals surface area (Å²) in [7, 11) is 0. The van der Waals surface area contributed by atoms with Gasteiger partial charge in [-0.15, -0.1) is 0 Å². The van der Waals surface area contributed by atoms with Crippen molar-refractivity contribution in [1.82, 2.24) is 15.5 Å². The molecule has 7 heteroatoms. The smallest absolute Gasteiger partial charge is 0.409 e. The van der Waals surface area contributed by atoms with E-state index in [4.69, 9.17) is 4.74 Å². The van der Waals surface area contributed by atoms with Gasteiger partial charge in [-0.3, -0.25) is 9.59 Å². The Morgan fingerprint density at radius 3 is 2.36 bits per heavy atom. The molecule has 1 heterocycles. The first-order valence-corrected chi connectivity index (χ1v) is 7.94. The van der Waals surface area contributed by atoms with Crippen LogP contribution in [0.3, 0.4) is 0 Å². The Kier molecular flexibility index (Phi) is 7.70. The molecule has 22 heavy (non-hydrogen) atoms. The third kappa shape index (κ3) is 6.32. The standard InChI is InChI=1S/C15H27N3O4/c1-4-22-15(21)18-9-6-12(7-10-18)17-14(20)13(19)16-8-5-11(2)3/h11-12H,4-10H2,1-3H3,(H,16,19)(H,17,20). The Morgan fingerprint density at radius 2 is 1.82 bits per heavy atom. The molecule has 126 valence electrons. The molecular formula is C15H27N3O4. The van der Waals surface area contributed by atoms with E-state index in [1.807, 2.05) is 0 Å². The van der Waals surface area contributed by atoms with Crippen LogP contribution in [0.15, 0.2) is 0 Å². The lowest BCUT2D eigenvalue weighted by Crippen LogP contribution is -2.50.